The average molecular weight is 112 g/mol. The second kappa shape index (κ2) is 1.65. The van der Waals surface area contributed by atoms with Gasteiger partial charge in [-0.3, -0.25) is 4.79 Å². The molecule has 0 aliphatic rings. The Morgan fingerprint density at radius 1 is 1.75 bits per heavy atom. The highest BCUT2D eigenvalue weighted by Crippen LogP contribution is 1.88. The molecule has 1 aromatic heterocycles. The summed E-state index contributed by atoms with van der Waals surface area (Å²) in [6, 6.07) is 1.11. The Balaban J connectivity index is 3.28. The fourth-order valence-electron chi connectivity index (χ4n) is 0.332. The van der Waals surface area contributed by atoms with Gasteiger partial charge >= 0.3 is 0 Å². The minimum absolute atomic E-state index is 0.0880. The lowest BCUT2D eigenvalue weighted by Crippen LogP contribution is -2.03. The molecule has 0 aliphatic heterocycles. The third-order valence-electron chi connectivity index (χ3n) is 0.634. The Morgan fingerprint density at radius 3 is 2.88 bits per heavy atom. The SMILES string of the molecule is Nc1cc(=O)nco1. The zero-order valence-corrected chi connectivity index (χ0v) is 4.00. The van der Waals surface area contributed by atoms with Gasteiger partial charge in [-0.25, -0.2) is 0 Å². The zero-order chi connectivity index (χ0) is 5.98. The van der Waals surface area contributed by atoms with E-state index in [4.69, 9.17) is 5.73 Å². The second-order valence-corrected chi connectivity index (χ2v) is 1.24. The molecule has 42 valence electrons. The van der Waals surface area contributed by atoms with E-state index in [2.05, 4.69) is 9.40 Å². The quantitative estimate of drug-likeness (QED) is 0.496. The summed E-state index contributed by atoms with van der Waals surface area (Å²) in [5.41, 5.74) is 4.67. The van der Waals surface area contributed by atoms with Crippen molar-refractivity contribution in [3.05, 3.63) is 22.8 Å². The van der Waals surface area contributed by atoms with E-state index >= 15 is 0 Å². The van der Waals surface area contributed by atoms with Crippen LogP contribution in [0.25, 0.3) is 0 Å². The van der Waals surface area contributed by atoms with Gasteiger partial charge < -0.3 is 10.2 Å². The molecule has 0 atom stereocenters. The van der Waals surface area contributed by atoms with Crippen molar-refractivity contribution < 1.29 is 4.42 Å². The number of nitrogens with two attached hydrogens (primary N) is 1. The summed E-state index contributed by atoms with van der Waals surface area (Å²) in [6.07, 6.45) is 1.01. The Hall–Kier alpha value is -1.32. The summed E-state index contributed by atoms with van der Waals surface area (Å²) < 4.78 is 4.47. The molecule has 4 nitrogen and oxygen atoms in total. The molecule has 0 unspecified atom stereocenters. The molecule has 1 heterocycles. The standard InChI is InChI=1S/C4H4N2O2/c5-3-1-4(7)6-2-8-3/h1-2H,5H2. The van der Waals surface area contributed by atoms with Crippen LogP contribution in [0.1, 0.15) is 0 Å². The van der Waals surface area contributed by atoms with Gasteiger partial charge in [0.15, 0.2) is 12.3 Å². The highest BCUT2D eigenvalue weighted by atomic mass is 16.3. The normalized spacial score (nSPS) is 9.00. The molecule has 0 bridgehead atoms. The van der Waals surface area contributed by atoms with E-state index in [9.17, 15) is 4.79 Å². The summed E-state index contributed by atoms with van der Waals surface area (Å²) in [6.45, 7) is 0. The van der Waals surface area contributed by atoms with Crippen LogP contribution in [0.5, 0.6) is 0 Å². The number of aromatic nitrogens is 1. The van der Waals surface area contributed by atoms with Crippen LogP contribution in [-0.4, -0.2) is 4.98 Å². The summed E-state index contributed by atoms with van der Waals surface area (Å²) in [5.74, 6) is 0.0880. The van der Waals surface area contributed by atoms with Crippen LogP contribution in [0.4, 0.5) is 5.88 Å². The van der Waals surface area contributed by atoms with Crippen molar-refractivity contribution >= 4 is 5.88 Å². The third kappa shape index (κ3) is 0.841. The van der Waals surface area contributed by atoms with E-state index < -0.39 is 0 Å². The predicted molar refractivity (Wildman–Crippen MR) is 27.2 cm³/mol. The van der Waals surface area contributed by atoms with Crippen molar-refractivity contribution in [2.24, 2.45) is 0 Å². The van der Waals surface area contributed by atoms with Crippen LogP contribution < -0.4 is 11.3 Å². The lowest BCUT2D eigenvalue weighted by molar-refractivity contribution is 0.544. The number of hydrogen-bond acceptors (Lipinski definition) is 4. The van der Waals surface area contributed by atoms with Crippen molar-refractivity contribution in [3.63, 3.8) is 0 Å². The fourth-order valence-corrected chi connectivity index (χ4v) is 0.332. The molecule has 0 aromatic carbocycles. The van der Waals surface area contributed by atoms with Gasteiger partial charge in [0.2, 0.25) is 0 Å². The van der Waals surface area contributed by atoms with Gasteiger partial charge in [-0.1, -0.05) is 0 Å². The Labute approximate surface area is 45.0 Å². The lowest BCUT2D eigenvalue weighted by Gasteiger charge is -1.83. The highest BCUT2D eigenvalue weighted by molar-refractivity contribution is 5.17. The Bertz CT molecular complexity index is 229. The van der Waals surface area contributed by atoms with Crippen molar-refractivity contribution in [1.29, 1.82) is 0 Å². The predicted octanol–water partition coefficient (Wildman–Crippen LogP) is -0.383. The van der Waals surface area contributed by atoms with E-state index in [1.807, 2.05) is 0 Å². The van der Waals surface area contributed by atoms with Gasteiger partial charge in [-0.15, -0.1) is 0 Å². The molecule has 4 heteroatoms. The monoisotopic (exact) mass is 112 g/mol. The maximum atomic E-state index is 10.2. The Kier molecular flexibility index (Phi) is 0.997. The van der Waals surface area contributed by atoms with Crippen LogP contribution in [0.2, 0.25) is 0 Å². The second-order valence-electron chi connectivity index (χ2n) is 1.24. The molecular formula is C4H4N2O2. The molecule has 8 heavy (non-hydrogen) atoms. The number of nitrogen functional groups attached to an aromatic ring is 1. The number of anilines is 1. The molecule has 1 aromatic rings. The van der Waals surface area contributed by atoms with E-state index in [-0.39, 0.29) is 11.4 Å². The van der Waals surface area contributed by atoms with Crippen LogP contribution in [0.3, 0.4) is 0 Å². The van der Waals surface area contributed by atoms with Crippen LogP contribution in [0.15, 0.2) is 21.7 Å². The van der Waals surface area contributed by atoms with Gasteiger partial charge in [0.25, 0.3) is 5.56 Å². The first-order chi connectivity index (χ1) is 3.79. The number of rotatable bonds is 0. The summed E-state index contributed by atoms with van der Waals surface area (Å²) in [5, 5.41) is 0. The van der Waals surface area contributed by atoms with Gasteiger partial charge in [-0.2, -0.15) is 4.98 Å². The minimum atomic E-state index is -0.381. The maximum Gasteiger partial charge on any atom is 0.277 e. The molecule has 0 amide bonds. The van der Waals surface area contributed by atoms with Crippen molar-refractivity contribution in [1.82, 2.24) is 4.98 Å². The van der Waals surface area contributed by atoms with E-state index in [1.165, 1.54) is 0 Å². The smallest absolute Gasteiger partial charge is 0.277 e. The molecule has 2 N–H and O–H groups in total. The molecule has 1 rings (SSSR count). The van der Waals surface area contributed by atoms with Gasteiger partial charge in [-0.05, 0) is 0 Å². The summed E-state index contributed by atoms with van der Waals surface area (Å²) in [4.78, 5) is 13.5. The molecule has 0 aliphatic carbocycles. The molecule has 0 fully saturated rings. The summed E-state index contributed by atoms with van der Waals surface area (Å²) in [7, 11) is 0. The van der Waals surface area contributed by atoms with Gasteiger partial charge in [0.1, 0.15) is 0 Å². The minimum Gasteiger partial charge on any atom is -0.430 e. The lowest BCUT2D eigenvalue weighted by atomic mass is 10.6. The van der Waals surface area contributed by atoms with Gasteiger partial charge in [0.05, 0.1) is 6.07 Å². The first kappa shape index (κ1) is 4.83. The van der Waals surface area contributed by atoms with Crippen LogP contribution in [0, 0.1) is 0 Å². The van der Waals surface area contributed by atoms with E-state index in [0.717, 1.165) is 12.5 Å². The molecule has 0 saturated carbocycles. The largest absolute Gasteiger partial charge is 0.430 e. The van der Waals surface area contributed by atoms with Crippen molar-refractivity contribution in [2.45, 2.75) is 0 Å². The van der Waals surface area contributed by atoms with Gasteiger partial charge in [0, 0.05) is 0 Å². The summed E-state index contributed by atoms with van der Waals surface area (Å²) >= 11 is 0. The van der Waals surface area contributed by atoms with Crippen LogP contribution in [-0.2, 0) is 0 Å². The maximum absolute atomic E-state index is 10.2. The highest BCUT2D eigenvalue weighted by Gasteiger charge is 1.84. The molecule has 0 saturated heterocycles. The first-order valence-corrected chi connectivity index (χ1v) is 1.99. The van der Waals surface area contributed by atoms with Crippen molar-refractivity contribution in [3.8, 4) is 0 Å². The topological polar surface area (TPSA) is 69.1 Å². The Morgan fingerprint density at radius 2 is 2.50 bits per heavy atom. The number of hydrogen-bond donors (Lipinski definition) is 1. The zero-order valence-electron chi connectivity index (χ0n) is 4.00. The average Bonchev–Trinajstić information content (AvgIpc) is 1.64. The van der Waals surface area contributed by atoms with Crippen LogP contribution >= 0.6 is 0 Å². The number of nitrogens with zero attached hydrogens (tertiary/aromatic N) is 1. The fraction of sp³-hybridized carbons (Fsp3) is 0. The third-order valence-corrected chi connectivity index (χ3v) is 0.634. The molecule has 0 spiro atoms. The molecule has 0 radical (unpaired) electrons. The van der Waals surface area contributed by atoms with E-state index in [0.29, 0.717) is 0 Å². The van der Waals surface area contributed by atoms with E-state index in [1.54, 1.807) is 0 Å². The first-order valence-electron chi connectivity index (χ1n) is 1.99. The molecular weight excluding hydrogens is 108 g/mol. The van der Waals surface area contributed by atoms with Crippen molar-refractivity contribution in [2.75, 3.05) is 5.73 Å².